The number of anilines is 1. The number of hydrogen-bond acceptors (Lipinski definition) is 4. The van der Waals surface area contributed by atoms with Crippen LogP contribution in [0, 0.1) is 11.3 Å². The highest BCUT2D eigenvalue weighted by Crippen LogP contribution is 2.41. The van der Waals surface area contributed by atoms with Gasteiger partial charge in [-0.3, -0.25) is 4.79 Å². The van der Waals surface area contributed by atoms with Crippen molar-refractivity contribution in [3.8, 4) is 11.8 Å². The van der Waals surface area contributed by atoms with E-state index in [0.717, 1.165) is 17.0 Å². The Kier molecular flexibility index (Phi) is 5.16. The molecule has 1 unspecified atom stereocenters. The fourth-order valence-corrected chi connectivity index (χ4v) is 3.37. The van der Waals surface area contributed by atoms with Gasteiger partial charge < -0.3 is 9.64 Å². The fraction of sp³-hybridized carbons (Fsp3) is 0.250. The standard InChI is InChI=1S/C20H15F4N3O3/c1-26-18(29)27(14-6-3-12(10-25)16(9-14)20(22,23)24)17(28)19(26,11-21)13-4-7-15(30-2)8-5-13/h3-9H,11H2,1-2H3. The van der Waals surface area contributed by atoms with Gasteiger partial charge in [0, 0.05) is 7.05 Å². The molecule has 1 heterocycles. The highest BCUT2D eigenvalue weighted by molar-refractivity contribution is 6.23. The molecule has 1 aliphatic heterocycles. The Morgan fingerprint density at radius 1 is 1.13 bits per heavy atom. The minimum Gasteiger partial charge on any atom is -0.497 e. The van der Waals surface area contributed by atoms with Crippen molar-refractivity contribution in [3.05, 3.63) is 59.2 Å². The van der Waals surface area contributed by atoms with Crippen LogP contribution in [0.25, 0.3) is 0 Å². The Labute approximate surface area is 168 Å². The summed E-state index contributed by atoms with van der Waals surface area (Å²) in [4.78, 5) is 27.3. The average Bonchev–Trinajstić information content (AvgIpc) is 2.93. The quantitative estimate of drug-likeness (QED) is 0.555. The summed E-state index contributed by atoms with van der Waals surface area (Å²) in [6, 6.07) is 8.63. The van der Waals surface area contributed by atoms with Gasteiger partial charge in [0.05, 0.1) is 30.0 Å². The number of likely N-dealkylation sites (N-methyl/N-ethyl adjacent to an activating group) is 1. The molecule has 0 aliphatic carbocycles. The summed E-state index contributed by atoms with van der Waals surface area (Å²) >= 11 is 0. The lowest BCUT2D eigenvalue weighted by Gasteiger charge is -2.30. The topological polar surface area (TPSA) is 73.6 Å². The van der Waals surface area contributed by atoms with E-state index in [1.165, 1.54) is 44.5 Å². The van der Waals surface area contributed by atoms with E-state index in [9.17, 15) is 27.2 Å². The Bertz CT molecular complexity index is 1050. The predicted octanol–water partition coefficient (Wildman–Crippen LogP) is 3.85. The minimum absolute atomic E-state index is 0.138. The average molecular weight is 421 g/mol. The van der Waals surface area contributed by atoms with Crippen LogP contribution in [0.2, 0.25) is 0 Å². The molecule has 10 heteroatoms. The van der Waals surface area contributed by atoms with Crippen molar-refractivity contribution in [2.45, 2.75) is 11.7 Å². The summed E-state index contributed by atoms with van der Waals surface area (Å²) in [7, 11) is 2.61. The smallest absolute Gasteiger partial charge is 0.417 e. The maximum atomic E-state index is 14.3. The van der Waals surface area contributed by atoms with Crippen LogP contribution in [0.5, 0.6) is 5.75 Å². The SMILES string of the molecule is COc1ccc(C2(CF)C(=O)N(c3ccc(C#N)c(C(F)(F)F)c3)C(=O)N2C)cc1. The lowest BCUT2D eigenvalue weighted by atomic mass is 9.89. The zero-order valence-electron chi connectivity index (χ0n) is 15.8. The van der Waals surface area contributed by atoms with Crippen LogP contribution in [0.3, 0.4) is 0 Å². The van der Waals surface area contributed by atoms with Gasteiger partial charge in [0.1, 0.15) is 12.4 Å². The number of amides is 3. The van der Waals surface area contributed by atoms with E-state index in [4.69, 9.17) is 10.00 Å². The summed E-state index contributed by atoms with van der Waals surface area (Å²) in [5, 5.41) is 8.93. The third kappa shape index (κ3) is 3.03. The van der Waals surface area contributed by atoms with Crippen LogP contribution in [-0.4, -0.2) is 37.7 Å². The molecule has 1 aliphatic rings. The summed E-state index contributed by atoms with van der Waals surface area (Å²) in [6.45, 7) is -1.29. The largest absolute Gasteiger partial charge is 0.497 e. The lowest BCUT2D eigenvalue weighted by Crippen LogP contribution is -2.47. The monoisotopic (exact) mass is 421 g/mol. The van der Waals surface area contributed by atoms with E-state index in [0.29, 0.717) is 16.7 Å². The second kappa shape index (κ2) is 7.33. The van der Waals surface area contributed by atoms with Crippen LogP contribution in [0.1, 0.15) is 16.7 Å². The van der Waals surface area contributed by atoms with E-state index in [1.807, 2.05) is 0 Å². The van der Waals surface area contributed by atoms with Crippen LogP contribution in [0.15, 0.2) is 42.5 Å². The summed E-state index contributed by atoms with van der Waals surface area (Å²) < 4.78 is 59.2. The number of nitrogens with zero attached hydrogens (tertiary/aromatic N) is 3. The van der Waals surface area contributed by atoms with Crippen LogP contribution in [0.4, 0.5) is 28.0 Å². The van der Waals surface area contributed by atoms with Crippen molar-refractivity contribution >= 4 is 17.6 Å². The van der Waals surface area contributed by atoms with Gasteiger partial charge in [-0.2, -0.15) is 18.4 Å². The van der Waals surface area contributed by atoms with Gasteiger partial charge in [0.25, 0.3) is 5.91 Å². The minimum atomic E-state index is -4.88. The highest BCUT2D eigenvalue weighted by Gasteiger charge is 2.58. The number of rotatable bonds is 4. The molecule has 2 aromatic carbocycles. The fourth-order valence-electron chi connectivity index (χ4n) is 3.37. The molecule has 0 bridgehead atoms. The van der Waals surface area contributed by atoms with Crippen molar-refractivity contribution in [3.63, 3.8) is 0 Å². The number of methoxy groups -OCH3 is 1. The molecule has 0 N–H and O–H groups in total. The number of benzene rings is 2. The number of carbonyl (C=O) groups excluding carboxylic acids is 2. The maximum absolute atomic E-state index is 14.3. The molecule has 3 amide bonds. The Morgan fingerprint density at radius 3 is 2.27 bits per heavy atom. The van der Waals surface area contributed by atoms with Gasteiger partial charge in [-0.05, 0) is 35.9 Å². The third-order valence-electron chi connectivity index (χ3n) is 5.06. The molecule has 0 saturated carbocycles. The molecule has 1 atom stereocenters. The summed E-state index contributed by atoms with van der Waals surface area (Å²) in [5.41, 5.74) is -4.28. The molecule has 3 rings (SSSR count). The molecule has 0 aromatic heterocycles. The van der Waals surface area contributed by atoms with Crippen LogP contribution >= 0.6 is 0 Å². The van der Waals surface area contributed by atoms with Gasteiger partial charge in [-0.15, -0.1) is 0 Å². The van der Waals surface area contributed by atoms with E-state index >= 15 is 0 Å². The van der Waals surface area contributed by atoms with Gasteiger partial charge in [0.2, 0.25) is 0 Å². The van der Waals surface area contributed by atoms with Crippen molar-refractivity contribution in [2.75, 3.05) is 25.7 Å². The first-order valence-electron chi connectivity index (χ1n) is 8.56. The molecule has 156 valence electrons. The molecule has 0 radical (unpaired) electrons. The number of carbonyl (C=O) groups is 2. The number of alkyl halides is 4. The zero-order valence-corrected chi connectivity index (χ0v) is 15.8. The third-order valence-corrected chi connectivity index (χ3v) is 5.06. The van der Waals surface area contributed by atoms with Gasteiger partial charge >= 0.3 is 12.2 Å². The Hall–Kier alpha value is -3.61. The number of halogens is 4. The van der Waals surface area contributed by atoms with E-state index in [2.05, 4.69) is 0 Å². The second-order valence-corrected chi connectivity index (χ2v) is 6.54. The number of urea groups is 1. The molecule has 0 spiro atoms. The molecule has 1 saturated heterocycles. The molecular formula is C20H15F4N3O3. The zero-order chi connectivity index (χ0) is 22.3. The van der Waals surface area contributed by atoms with E-state index < -0.39 is 47.1 Å². The number of ether oxygens (including phenoxy) is 1. The van der Waals surface area contributed by atoms with Crippen molar-refractivity contribution in [1.29, 1.82) is 5.26 Å². The first-order valence-corrected chi connectivity index (χ1v) is 8.56. The first kappa shape index (κ1) is 21.1. The summed E-state index contributed by atoms with van der Waals surface area (Å²) in [6.07, 6.45) is -4.88. The van der Waals surface area contributed by atoms with Gasteiger partial charge in [-0.25, -0.2) is 14.1 Å². The second-order valence-electron chi connectivity index (χ2n) is 6.54. The van der Waals surface area contributed by atoms with Crippen LogP contribution in [-0.2, 0) is 16.5 Å². The molecule has 1 fully saturated rings. The number of nitriles is 1. The maximum Gasteiger partial charge on any atom is 0.417 e. The first-order chi connectivity index (χ1) is 14.1. The summed E-state index contributed by atoms with van der Waals surface area (Å²) in [5.74, 6) is -0.605. The lowest BCUT2D eigenvalue weighted by molar-refractivity contribution is -0.137. The number of hydrogen-bond donors (Lipinski definition) is 0. The van der Waals surface area contributed by atoms with Gasteiger partial charge in [-0.1, -0.05) is 12.1 Å². The number of imide groups is 1. The van der Waals surface area contributed by atoms with E-state index in [1.54, 1.807) is 0 Å². The Balaban J connectivity index is 2.14. The Morgan fingerprint density at radius 2 is 1.77 bits per heavy atom. The van der Waals surface area contributed by atoms with Crippen molar-refractivity contribution in [1.82, 2.24) is 4.90 Å². The normalized spacial score (nSPS) is 19.2. The van der Waals surface area contributed by atoms with Gasteiger partial charge in [0.15, 0.2) is 5.54 Å². The predicted molar refractivity (Wildman–Crippen MR) is 97.5 cm³/mol. The molecule has 30 heavy (non-hydrogen) atoms. The molecule has 6 nitrogen and oxygen atoms in total. The van der Waals surface area contributed by atoms with Crippen molar-refractivity contribution < 1.29 is 31.9 Å². The molecule has 2 aromatic rings. The van der Waals surface area contributed by atoms with Crippen LogP contribution < -0.4 is 9.64 Å². The molecular weight excluding hydrogens is 406 g/mol. The van der Waals surface area contributed by atoms with Crippen molar-refractivity contribution in [2.24, 2.45) is 0 Å². The highest BCUT2D eigenvalue weighted by atomic mass is 19.4. The van der Waals surface area contributed by atoms with E-state index in [-0.39, 0.29) is 5.56 Å².